The molecule has 1 aliphatic rings. The molecule has 114 valence electrons. The number of rotatable bonds is 4. The van der Waals surface area contributed by atoms with E-state index in [-0.39, 0.29) is 5.91 Å². The van der Waals surface area contributed by atoms with Crippen molar-refractivity contribution in [1.82, 2.24) is 0 Å². The van der Waals surface area contributed by atoms with Gasteiger partial charge in [0, 0.05) is 4.47 Å². The van der Waals surface area contributed by atoms with Crippen LogP contribution in [-0.2, 0) is 9.59 Å². The average Bonchev–Trinajstić information content (AvgIpc) is 2.88. The number of aliphatic carboxylic acids is 1. The van der Waals surface area contributed by atoms with Crippen molar-refractivity contribution < 1.29 is 14.7 Å². The van der Waals surface area contributed by atoms with Gasteiger partial charge in [-0.1, -0.05) is 25.5 Å². The summed E-state index contributed by atoms with van der Waals surface area (Å²) in [7, 11) is 0. The van der Waals surface area contributed by atoms with Gasteiger partial charge in [-0.05, 0) is 53.2 Å². The lowest BCUT2D eigenvalue weighted by Crippen LogP contribution is -2.30. The predicted molar refractivity (Wildman–Crippen MR) is 85.1 cm³/mol. The van der Waals surface area contributed by atoms with Gasteiger partial charge in [0.25, 0.3) is 0 Å². The molecule has 2 rings (SSSR count). The van der Waals surface area contributed by atoms with Crippen molar-refractivity contribution in [2.45, 2.75) is 33.1 Å². The molecule has 0 aliphatic heterocycles. The number of aryl methyl sites for hydroxylation is 1. The molecular weight excluding hydrogens is 334 g/mol. The minimum Gasteiger partial charge on any atom is -0.481 e. The second-order valence-electron chi connectivity index (χ2n) is 5.72. The van der Waals surface area contributed by atoms with Crippen molar-refractivity contribution in [3.63, 3.8) is 0 Å². The summed E-state index contributed by atoms with van der Waals surface area (Å²) in [4.78, 5) is 23.8. The Bertz CT molecular complexity index is 558. The number of carbonyl (C=O) groups is 2. The molecule has 3 atom stereocenters. The molecule has 1 fully saturated rings. The second kappa shape index (κ2) is 6.60. The Morgan fingerprint density at radius 3 is 2.62 bits per heavy atom. The van der Waals surface area contributed by atoms with Gasteiger partial charge in [0.1, 0.15) is 0 Å². The Hall–Kier alpha value is -1.36. The summed E-state index contributed by atoms with van der Waals surface area (Å²) in [6.45, 7) is 3.99. The SMILES string of the molecule is CCC1CC(C(=O)O)C(C(=O)Nc2cccc(C)c2Br)C1. The third kappa shape index (κ3) is 3.46. The molecule has 0 bridgehead atoms. The Morgan fingerprint density at radius 2 is 2.00 bits per heavy atom. The maximum absolute atomic E-state index is 12.5. The zero-order valence-corrected chi connectivity index (χ0v) is 13.8. The largest absolute Gasteiger partial charge is 0.481 e. The van der Waals surface area contributed by atoms with Crippen LogP contribution in [0.3, 0.4) is 0 Å². The summed E-state index contributed by atoms with van der Waals surface area (Å²) >= 11 is 3.46. The Morgan fingerprint density at radius 1 is 1.33 bits per heavy atom. The van der Waals surface area contributed by atoms with E-state index in [4.69, 9.17) is 0 Å². The van der Waals surface area contributed by atoms with Gasteiger partial charge in [-0.15, -0.1) is 0 Å². The highest BCUT2D eigenvalue weighted by Crippen LogP contribution is 2.39. The monoisotopic (exact) mass is 353 g/mol. The third-order valence-electron chi connectivity index (χ3n) is 4.34. The first-order chi connectivity index (χ1) is 9.93. The molecule has 0 aromatic heterocycles. The fourth-order valence-electron chi connectivity index (χ4n) is 3.01. The Kier molecular flexibility index (Phi) is 5.04. The average molecular weight is 354 g/mol. The van der Waals surface area contributed by atoms with Crippen molar-refractivity contribution in [3.05, 3.63) is 28.2 Å². The van der Waals surface area contributed by atoms with Gasteiger partial charge in [-0.25, -0.2) is 0 Å². The lowest BCUT2D eigenvalue weighted by Gasteiger charge is -2.16. The van der Waals surface area contributed by atoms with Crippen LogP contribution in [0.5, 0.6) is 0 Å². The van der Waals surface area contributed by atoms with Crippen LogP contribution in [0.4, 0.5) is 5.69 Å². The number of anilines is 1. The number of carboxylic acid groups (broad SMARTS) is 1. The number of carbonyl (C=O) groups excluding carboxylic acids is 1. The van der Waals surface area contributed by atoms with E-state index in [2.05, 4.69) is 21.2 Å². The van der Waals surface area contributed by atoms with Crippen LogP contribution in [0, 0.1) is 24.7 Å². The van der Waals surface area contributed by atoms with E-state index in [1.54, 1.807) is 0 Å². The Labute approximate surface area is 133 Å². The zero-order valence-electron chi connectivity index (χ0n) is 12.2. The molecule has 1 saturated carbocycles. The predicted octanol–water partition coefficient (Wildman–Crippen LogP) is 3.83. The molecule has 1 amide bonds. The van der Waals surface area contributed by atoms with E-state index in [0.29, 0.717) is 24.4 Å². The molecule has 0 saturated heterocycles. The molecule has 0 radical (unpaired) electrons. The molecule has 1 aromatic rings. The summed E-state index contributed by atoms with van der Waals surface area (Å²) < 4.78 is 0.843. The number of hydrogen-bond acceptors (Lipinski definition) is 2. The van der Waals surface area contributed by atoms with E-state index in [0.717, 1.165) is 16.5 Å². The summed E-state index contributed by atoms with van der Waals surface area (Å²) in [5.74, 6) is -1.75. The molecule has 2 N–H and O–H groups in total. The van der Waals surface area contributed by atoms with Crippen LogP contribution in [0.2, 0.25) is 0 Å². The van der Waals surface area contributed by atoms with Crippen LogP contribution < -0.4 is 5.32 Å². The third-order valence-corrected chi connectivity index (χ3v) is 5.39. The van der Waals surface area contributed by atoms with Crippen LogP contribution in [0.15, 0.2) is 22.7 Å². The van der Waals surface area contributed by atoms with Crippen molar-refractivity contribution >= 4 is 33.5 Å². The van der Waals surface area contributed by atoms with Crippen LogP contribution in [0.1, 0.15) is 31.7 Å². The fourth-order valence-corrected chi connectivity index (χ4v) is 3.37. The number of hydrogen-bond donors (Lipinski definition) is 2. The van der Waals surface area contributed by atoms with Gasteiger partial charge in [0.15, 0.2) is 0 Å². The number of nitrogens with one attached hydrogen (secondary N) is 1. The fraction of sp³-hybridized carbons (Fsp3) is 0.500. The smallest absolute Gasteiger partial charge is 0.307 e. The maximum Gasteiger partial charge on any atom is 0.307 e. The van der Waals surface area contributed by atoms with Crippen LogP contribution in [-0.4, -0.2) is 17.0 Å². The van der Waals surface area contributed by atoms with Gasteiger partial charge in [0.2, 0.25) is 5.91 Å². The van der Waals surface area contributed by atoms with Crippen molar-refractivity contribution in [1.29, 1.82) is 0 Å². The first-order valence-corrected chi connectivity index (χ1v) is 8.02. The van der Waals surface area contributed by atoms with E-state index in [1.165, 1.54) is 0 Å². The highest BCUT2D eigenvalue weighted by atomic mass is 79.9. The normalized spacial score (nSPS) is 24.8. The van der Waals surface area contributed by atoms with Crippen LogP contribution in [0.25, 0.3) is 0 Å². The first kappa shape index (κ1) is 16.0. The van der Waals surface area contributed by atoms with E-state index in [1.807, 2.05) is 32.0 Å². The Balaban J connectivity index is 2.15. The van der Waals surface area contributed by atoms with Gasteiger partial charge in [0.05, 0.1) is 17.5 Å². The van der Waals surface area contributed by atoms with Gasteiger partial charge >= 0.3 is 5.97 Å². The summed E-state index contributed by atoms with van der Waals surface area (Å²) in [5.41, 5.74) is 1.73. The summed E-state index contributed by atoms with van der Waals surface area (Å²) in [5, 5.41) is 12.2. The molecule has 0 spiro atoms. The molecule has 1 aromatic carbocycles. The number of carboxylic acids is 1. The van der Waals surface area contributed by atoms with Gasteiger partial charge in [-0.3, -0.25) is 9.59 Å². The summed E-state index contributed by atoms with van der Waals surface area (Å²) in [6, 6.07) is 5.63. The minimum atomic E-state index is -0.866. The maximum atomic E-state index is 12.5. The van der Waals surface area contributed by atoms with Crippen molar-refractivity contribution in [3.8, 4) is 0 Å². The molecule has 5 heteroatoms. The lowest BCUT2D eigenvalue weighted by molar-refractivity contribution is -0.145. The molecule has 0 heterocycles. The minimum absolute atomic E-state index is 0.190. The number of amides is 1. The number of halogens is 1. The van der Waals surface area contributed by atoms with E-state index in [9.17, 15) is 14.7 Å². The molecule has 21 heavy (non-hydrogen) atoms. The first-order valence-electron chi connectivity index (χ1n) is 7.22. The quantitative estimate of drug-likeness (QED) is 0.864. The number of benzene rings is 1. The topological polar surface area (TPSA) is 66.4 Å². The standard InChI is InChI=1S/C16H20BrNO3/c1-3-10-7-11(12(8-10)16(20)21)15(19)18-13-6-4-5-9(2)14(13)17/h4-6,10-12H,3,7-8H2,1-2H3,(H,18,19)(H,20,21). The van der Waals surface area contributed by atoms with E-state index >= 15 is 0 Å². The van der Waals surface area contributed by atoms with Gasteiger partial charge in [-0.2, -0.15) is 0 Å². The van der Waals surface area contributed by atoms with Crippen LogP contribution >= 0.6 is 15.9 Å². The highest BCUT2D eigenvalue weighted by Gasteiger charge is 2.42. The summed E-state index contributed by atoms with van der Waals surface area (Å²) in [6.07, 6.45) is 2.17. The molecular formula is C16H20BrNO3. The van der Waals surface area contributed by atoms with Gasteiger partial charge < -0.3 is 10.4 Å². The van der Waals surface area contributed by atoms with Crippen molar-refractivity contribution in [2.75, 3.05) is 5.32 Å². The lowest BCUT2D eigenvalue weighted by atomic mass is 9.95. The van der Waals surface area contributed by atoms with E-state index < -0.39 is 17.8 Å². The highest BCUT2D eigenvalue weighted by molar-refractivity contribution is 9.10. The molecule has 1 aliphatic carbocycles. The molecule has 4 nitrogen and oxygen atoms in total. The molecule has 3 unspecified atom stereocenters. The van der Waals surface area contributed by atoms with Crippen molar-refractivity contribution in [2.24, 2.45) is 17.8 Å². The second-order valence-corrected chi connectivity index (χ2v) is 6.52. The zero-order chi connectivity index (χ0) is 15.6.